The third-order valence-electron chi connectivity index (χ3n) is 4.18. The molecule has 2 aliphatic rings. The Morgan fingerprint density at radius 2 is 2.05 bits per heavy atom. The van der Waals surface area contributed by atoms with Crippen LogP contribution in [0.25, 0.3) is 0 Å². The highest BCUT2D eigenvalue weighted by molar-refractivity contribution is 6.04. The molecule has 1 fully saturated rings. The number of rotatable bonds is 3. The Labute approximate surface area is 131 Å². The summed E-state index contributed by atoms with van der Waals surface area (Å²) in [6.45, 7) is 9.36. The van der Waals surface area contributed by atoms with Gasteiger partial charge in [0, 0.05) is 31.5 Å². The van der Waals surface area contributed by atoms with Crippen molar-refractivity contribution < 1.29 is 19.0 Å². The average Bonchev–Trinajstić information content (AvgIpc) is 2.51. The van der Waals surface area contributed by atoms with E-state index in [0.717, 1.165) is 32.0 Å². The molecule has 0 saturated carbocycles. The van der Waals surface area contributed by atoms with Crippen LogP contribution in [0.4, 0.5) is 5.69 Å². The molecule has 1 unspecified atom stereocenters. The molecule has 120 valence electrons. The van der Waals surface area contributed by atoms with Gasteiger partial charge in [-0.2, -0.15) is 0 Å². The number of fused-ring (bicyclic) bond motifs is 1. The molecule has 0 radical (unpaired) electrons. The summed E-state index contributed by atoms with van der Waals surface area (Å²) >= 11 is 0. The maximum atomic E-state index is 12.7. The molecular formula is C17H23NO4. The van der Waals surface area contributed by atoms with Crippen LogP contribution in [-0.2, 0) is 9.47 Å². The third kappa shape index (κ3) is 2.71. The lowest BCUT2D eigenvalue weighted by atomic mass is 9.89. The van der Waals surface area contributed by atoms with Gasteiger partial charge in [0.15, 0.2) is 11.9 Å². The topological polar surface area (TPSA) is 48.0 Å². The Balaban J connectivity index is 1.91. The predicted molar refractivity (Wildman–Crippen MR) is 83.9 cm³/mol. The number of hydrogen-bond donors (Lipinski definition) is 0. The van der Waals surface area contributed by atoms with Crippen molar-refractivity contribution in [2.75, 3.05) is 37.8 Å². The summed E-state index contributed by atoms with van der Waals surface area (Å²) in [5.41, 5.74) is 1.01. The molecule has 5 nitrogen and oxygen atoms in total. The average molecular weight is 305 g/mol. The Bertz CT molecular complexity index is 564. The van der Waals surface area contributed by atoms with Crippen LogP contribution in [0.3, 0.4) is 0 Å². The van der Waals surface area contributed by atoms with E-state index >= 15 is 0 Å². The lowest BCUT2D eigenvalue weighted by Gasteiger charge is -2.39. The summed E-state index contributed by atoms with van der Waals surface area (Å²) in [5, 5.41) is 0. The lowest BCUT2D eigenvalue weighted by Crippen LogP contribution is -2.51. The minimum Gasteiger partial charge on any atom is -0.484 e. The maximum Gasteiger partial charge on any atom is 0.199 e. The number of Topliss-reactive ketones (excluding diaryl/α,β-unsaturated/α-hetero) is 1. The molecule has 0 spiro atoms. The number of carbonyl (C=O) groups is 1. The lowest BCUT2D eigenvalue weighted by molar-refractivity contribution is -0.0589. The van der Waals surface area contributed by atoms with Crippen molar-refractivity contribution in [3.05, 3.63) is 23.8 Å². The fraction of sp³-hybridized carbons (Fsp3) is 0.588. The molecule has 2 heterocycles. The van der Waals surface area contributed by atoms with Gasteiger partial charge >= 0.3 is 0 Å². The Hall–Kier alpha value is -1.59. The highest BCUT2D eigenvalue weighted by atomic mass is 16.6. The molecule has 0 aliphatic carbocycles. The zero-order valence-electron chi connectivity index (χ0n) is 13.4. The SMILES string of the molecule is CCOC1C(=O)c2ccc(N3CCOCC3)cc2OC1(C)C. The minimum atomic E-state index is -0.663. The number of nitrogens with zero attached hydrogens (tertiary/aromatic N) is 1. The summed E-state index contributed by atoms with van der Waals surface area (Å²) in [7, 11) is 0. The van der Waals surface area contributed by atoms with Gasteiger partial charge in [-0.25, -0.2) is 0 Å². The van der Waals surface area contributed by atoms with E-state index in [1.807, 2.05) is 39.0 Å². The van der Waals surface area contributed by atoms with Gasteiger partial charge < -0.3 is 19.1 Å². The summed E-state index contributed by atoms with van der Waals surface area (Å²) in [4.78, 5) is 14.9. The molecule has 0 aromatic heterocycles. The number of ketones is 1. The van der Waals surface area contributed by atoms with Gasteiger partial charge in [-0.1, -0.05) is 0 Å². The Kier molecular flexibility index (Phi) is 4.10. The van der Waals surface area contributed by atoms with Crippen LogP contribution < -0.4 is 9.64 Å². The molecule has 2 aliphatic heterocycles. The van der Waals surface area contributed by atoms with Crippen LogP contribution in [0.15, 0.2) is 18.2 Å². The summed E-state index contributed by atoms with van der Waals surface area (Å²) in [6, 6.07) is 5.79. The van der Waals surface area contributed by atoms with Crippen LogP contribution in [0.2, 0.25) is 0 Å². The zero-order chi connectivity index (χ0) is 15.7. The van der Waals surface area contributed by atoms with E-state index in [9.17, 15) is 4.79 Å². The normalized spacial score (nSPS) is 23.9. The van der Waals surface area contributed by atoms with Crippen molar-refractivity contribution in [2.24, 2.45) is 0 Å². The highest BCUT2D eigenvalue weighted by Crippen LogP contribution is 2.37. The molecule has 1 aromatic carbocycles. The van der Waals surface area contributed by atoms with E-state index in [2.05, 4.69) is 4.90 Å². The van der Waals surface area contributed by atoms with Crippen LogP contribution in [0.5, 0.6) is 5.75 Å². The van der Waals surface area contributed by atoms with Crippen molar-refractivity contribution in [2.45, 2.75) is 32.5 Å². The molecule has 22 heavy (non-hydrogen) atoms. The smallest absolute Gasteiger partial charge is 0.199 e. The molecule has 1 atom stereocenters. The van der Waals surface area contributed by atoms with Gasteiger partial charge in [0.2, 0.25) is 0 Å². The van der Waals surface area contributed by atoms with Gasteiger partial charge in [0.25, 0.3) is 0 Å². The van der Waals surface area contributed by atoms with Crippen LogP contribution in [0, 0.1) is 0 Å². The molecule has 3 rings (SSSR count). The van der Waals surface area contributed by atoms with E-state index in [4.69, 9.17) is 14.2 Å². The molecule has 5 heteroatoms. The predicted octanol–water partition coefficient (Wildman–Crippen LogP) is 2.28. The minimum absolute atomic E-state index is 0.00151. The van der Waals surface area contributed by atoms with E-state index in [1.165, 1.54) is 0 Å². The van der Waals surface area contributed by atoms with Gasteiger partial charge in [-0.3, -0.25) is 4.79 Å². The first-order chi connectivity index (χ1) is 10.5. The van der Waals surface area contributed by atoms with E-state index in [-0.39, 0.29) is 5.78 Å². The molecule has 1 saturated heterocycles. The number of benzene rings is 1. The fourth-order valence-electron chi connectivity index (χ4n) is 3.05. The number of morpholine rings is 1. The van der Waals surface area contributed by atoms with E-state index in [0.29, 0.717) is 17.9 Å². The quantitative estimate of drug-likeness (QED) is 0.857. The molecule has 0 N–H and O–H groups in total. The van der Waals surface area contributed by atoms with Gasteiger partial charge in [-0.15, -0.1) is 0 Å². The summed E-state index contributed by atoms with van der Waals surface area (Å²) in [6.07, 6.45) is -0.556. The molecule has 0 bridgehead atoms. The first-order valence-corrected chi connectivity index (χ1v) is 7.84. The van der Waals surface area contributed by atoms with Crippen LogP contribution >= 0.6 is 0 Å². The van der Waals surface area contributed by atoms with Crippen molar-refractivity contribution in [3.8, 4) is 5.75 Å². The second-order valence-electron chi connectivity index (χ2n) is 6.19. The first kappa shape index (κ1) is 15.3. The first-order valence-electron chi connectivity index (χ1n) is 7.84. The summed E-state index contributed by atoms with van der Waals surface area (Å²) < 4.78 is 17.1. The Morgan fingerprint density at radius 1 is 1.32 bits per heavy atom. The Morgan fingerprint density at radius 3 is 2.73 bits per heavy atom. The van der Waals surface area contributed by atoms with E-state index < -0.39 is 11.7 Å². The number of hydrogen-bond acceptors (Lipinski definition) is 5. The van der Waals surface area contributed by atoms with Crippen molar-refractivity contribution in [1.82, 2.24) is 0 Å². The standard InChI is InChI=1S/C17H23NO4/c1-4-21-16-15(19)13-6-5-12(18-7-9-20-10-8-18)11-14(13)22-17(16,2)3/h5-6,11,16H,4,7-10H2,1-3H3. The zero-order valence-corrected chi connectivity index (χ0v) is 13.4. The van der Waals surface area contributed by atoms with Crippen molar-refractivity contribution in [3.63, 3.8) is 0 Å². The van der Waals surface area contributed by atoms with Crippen LogP contribution in [0.1, 0.15) is 31.1 Å². The van der Waals surface area contributed by atoms with Crippen LogP contribution in [-0.4, -0.2) is 50.4 Å². The fourth-order valence-corrected chi connectivity index (χ4v) is 3.05. The monoisotopic (exact) mass is 305 g/mol. The second-order valence-corrected chi connectivity index (χ2v) is 6.19. The van der Waals surface area contributed by atoms with E-state index in [1.54, 1.807) is 0 Å². The maximum absolute atomic E-state index is 12.7. The van der Waals surface area contributed by atoms with Gasteiger partial charge in [0.05, 0.1) is 18.8 Å². The number of ether oxygens (including phenoxy) is 3. The van der Waals surface area contributed by atoms with Gasteiger partial charge in [0.1, 0.15) is 11.4 Å². The summed E-state index contributed by atoms with van der Waals surface area (Å²) in [5.74, 6) is 0.650. The van der Waals surface area contributed by atoms with Crippen molar-refractivity contribution >= 4 is 11.5 Å². The highest BCUT2D eigenvalue weighted by Gasteiger charge is 2.44. The molecule has 1 aromatic rings. The van der Waals surface area contributed by atoms with Gasteiger partial charge in [-0.05, 0) is 32.9 Å². The van der Waals surface area contributed by atoms with Crippen molar-refractivity contribution in [1.29, 1.82) is 0 Å². The second kappa shape index (κ2) is 5.89. The third-order valence-corrected chi connectivity index (χ3v) is 4.18. The molecular weight excluding hydrogens is 282 g/mol. The number of carbonyl (C=O) groups excluding carboxylic acids is 1. The molecule has 0 amide bonds. The largest absolute Gasteiger partial charge is 0.484 e. The number of anilines is 1.